The largest absolute Gasteiger partial charge is 0.371 e. The van der Waals surface area contributed by atoms with Crippen LogP contribution in [0.25, 0.3) is 0 Å². The van der Waals surface area contributed by atoms with E-state index in [9.17, 15) is 0 Å². The lowest BCUT2D eigenvalue weighted by Gasteiger charge is -2.29. The molecule has 0 aliphatic carbocycles. The molecule has 3 rings (SSSR count). The highest BCUT2D eigenvalue weighted by Crippen LogP contribution is 2.41. The first kappa shape index (κ1) is 17.5. The highest BCUT2D eigenvalue weighted by atomic mass is 16.8. The van der Waals surface area contributed by atoms with Crippen LogP contribution >= 0.6 is 0 Å². The number of likely N-dealkylation sites (N-methyl/N-ethyl adjacent to an activating group) is 1. The number of nitrogens with zero attached hydrogens (tertiary/aromatic N) is 1. The van der Waals surface area contributed by atoms with E-state index in [1.54, 1.807) is 0 Å². The van der Waals surface area contributed by atoms with Crippen molar-refractivity contribution >= 4 is 0 Å². The molecular weight excluding hydrogens is 302 g/mol. The highest BCUT2D eigenvalue weighted by Gasteiger charge is 2.58. The maximum absolute atomic E-state index is 6.11. The third-order valence-corrected chi connectivity index (χ3v) is 4.27. The molecule has 5 atom stereocenters. The Hall–Kier alpha value is -0.280. The van der Waals surface area contributed by atoms with Crippen LogP contribution in [0.4, 0.5) is 0 Å². The molecule has 0 spiro atoms. The van der Waals surface area contributed by atoms with Crippen molar-refractivity contribution in [3.63, 3.8) is 0 Å². The third-order valence-electron chi connectivity index (χ3n) is 4.27. The summed E-state index contributed by atoms with van der Waals surface area (Å²) in [6.07, 6.45) is -1.35. The number of hydrogen-bond donors (Lipinski definition) is 0. The van der Waals surface area contributed by atoms with Crippen LogP contribution in [-0.2, 0) is 28.4 Å². The molecule has 3 fully saturated rings. The van der Waals surface area contributed by atoms with E-state index in [4.69, 9.17) is 28.4 Å². The summed E-state index contributed by atoms with van der Waals surface area (Å²) in [4.78, 5) is 2.08. The van der Waals surface area contributed by atoms with E-state index in [0.717, 1.165) is 6.54 Å². The van der Waals surface area contributed by atoms with E-state index in [2.05, 4.69) is 4.90 Å². The zero-order chi connectivity index (χ0) is 16.8. The lowest BCUT2D eigenvalue weighted by molar-refractivity contribution is -0.236. The Kier molecular flexibility index (Phi) is 4.74. The Morgan fingerprint density at radius 2 is 1.74 bits per heavy atom. The number of hydrogen-bond acceptors (Lipinski definition) is 7. The van der Waals surface area contributed by atoms with Gasteiger partial charge in [0.05, 0.1) is 13.2 Å². The minimum Gasteiger partial charge on any atom is -0.371 e. The van der Waals surface area contributed by atoms with Gasteiger partial charge in [-0.05, 0) is 41.8 Å². The first-order valence-corrected chi connectivity index (χ1v) is 8.26. The van der Waals surface area contributed by atoms with E-state index < -0.39 is 17.9 Å². The quantitative estimate of drug-likeness (QED) is 0.744. The molecule has 3 aliphatic rings. The van der Waals surface area contributed by atoms with E-state index in [-0.39, 0.29) is 24.4 Å². The van der Waals surface area contributed by atoms with Gasteiger partial charge in [0, 0.05) is 6.54 Å². The lowest BCUT2D eigenvalue weighted by Crippen LogP contribution is -2.44. The van der Waals surface area contributed by atoms with Gasteiger partial charge < -0.3 is 33.3 Å². The third kappa shape index (κ3) is 3.87. The monoisotopic (exact) mass is 331 g/mol. The molecule has 0 bridgehead atoms. The van der Waals surface area contributed by atoms with Crippen LogP contribution in [0.5, 0.6) is 0 Å². The molecule has 0 radical (unpaired) electrons. The summed E-state index contributed by atoms with van der Waals surface area (Å²) in [5.74, 6) is -1.25. The molecule has 7 nitrogen and oxygen atoms in total. The second-order valence-electron chi connectivity index (χ2n) is 7.58. The van der Waals surface area contributed by atoms with Gasteiger partial charge in [-0.2, -0.15) is 0 Å². The Morgan fingerprint density at radius 3 is 2.35 bits per heavy atom. The molecule has 0 aromatic carbocycles. The van der Waals surface area contributed by atoms with Gasteiger partial charge in [-0.25, -0.2) is 0 Å². The van der Waals surface area contributed by atoms with E-state index in [0.29, 0.717) is 13.2 Å². The minimum atomic E-state index is -0.657. The van der Waals surface area contributed by atoms with Gasteiger partial charge in [-0.15, -0.1) is 0 Å². The number of fused-ring (bicyclic) bond motifs is 1. The van der Waals surface area contributed by atoms with Gasteiger partial charge in [-0.1, -0.05) is 0 Å². The first-order chi connectivity index (χ1) is 10.7. The zero-order valence-corrected chi connectivity index (χ0v) is 14.9. The smallest absolute Gasteiger partial charge is 0.190 e. The summed E-state index contributed by atoms with van der Waals surface area (Å²) in [5, 5.41) is 0. The summed E-state index contributed by atoms with van der Waals surface area (Å²) >= 11 is 0. The molecule has 3 heterocycles. The van der Waals surface area contributed by atoms with E-state index >= 15 is 0 Å². The average molecular weight is 331 g/mol. The molecule has 23 heavy (non-hydrogen) atoms. The van der Waals surface area contributed by atoms with Crippen LogP contribution in [0.2, 0.25) is 0 Å². The van der Waals surface area contributed by atoms with Gasteiger partial charge >= 0.3 is 0 Å². The van der Waals surface area contributed by atoms with E-state index in [1.807, 2.05) is 41.8 Å². The topological polar surface area (TPSA) is 58.6 Å². The molecular formula is C16H29NO6. The van der Waals surface area contributed by atoms with Crippen molar-refractivity contribution in [2.75, 3.05) is 33.9 Å². The average Bonchev–Trinajstić information content (AvgIpc) is 3.00. The number of ether oxygens (including phenoxy) is 6. The predicted molar refractivity (Wildman–Crippen MR) is 81.9 cm³/mol. The second-order valence-corrected chi connectivity index (χ2v) is 7.58. The molecule has 0 aromatic rings. The molecule has 5 unspecified atom stereocenters. The molecule has 0 amide bonds. The zero-order valence-electron chi connectivity index (χ0n) is 14.9. The number of rotatable bonds is 5. The maximum atomic E-state index is 6.11. The van der Waals surface area contributed by atoms with Crippen molar-refractivity contribution < 1.29 is 28.4 Å². The van der Waals surface area contributed by atoms with Gasteiger partial charge in [0.25, 0.3) is 0 Å². The van der Waals surface area contributed by atoms with Crippen molar-refractivity contribution in [2.45, 2.75) is 70.0 Å². The molecule has 3 saturated heterocycles. The van der Waals surface area contributed by atoms with Gasteiger partial charge in [0.15, 0.2) is 17.9 Å². The van der Waals surface area contributed by atoms with Crippen molar-refractivity contribution in [1.29, 1.82) is 0 Å². The summed E-state index contributed by atoms with van der Waals surface area (Å²) in [5.41, 5.74) is 0. The van der Waals surface area contributed by atoms with Crippen LogP contribution in [0.1, 0.15) is 27.7 Å². The summed E-state index contributed by atoms with van der Waals surface area (Å²) < 4.78 is 35.7. The molecule has 3 aliphatic heterocycles. The molecule has 7 heteroatoms. The summed E-state index contributed by atoms with van der Waals surface area (Å²) in [6.45, 7) is 9.49. The van der Waals surface area contributed by atoms with Crippen molar-refractivity contribution in [1.82, 2.24) is 4.90 Å². The van der Waals surface area contributed by atoms with Gasteiger partial charge in [-0.3, -0.25) is 0 Å². The standard InChI is InChI=1S/C16H29NO6/c1-15(2)19-9-10(21-15)11-12(18-8-7-17(5)6)13-14(20-11)23-16(3,4)22-13/h10-14H,7-9H2,1-6H3. The fraction of sp³-hybridized carbons (Fsp3) is 1.00. The Labute approximate surface area is 138 Å². The van der Waals surface area contributed by atoms with Crippen LogP contribution in [0, 0.1) is 0 Å². The fourth-order valence-corrected chi connectivity index (χ4v) is 3.24. The van der Waals surface area contributed by atoms with Gasteiger partial charge in [0.1, 0.15) is 24.4 Å². The minimum absolute atomic E-state index is 0.185. The Balaban J connectivity index is 1.68. The van der Waals surface area contributed by atoms with Crippen molar-refractivity contribution in [3.05, 3.63) is 0 Å². The van der Waals surface area contributed by atoms with Crippen LogP contribution < -0.4 is 0 Å². The molecule has 0 saturated carbocycles. The SMILES string of the molecule is CN(C)CCOC1C(C2COC(C)(C)O2)OC2OC(C)(C)OC21. The summed E-state index contributed by atoms with van der Waals surface area (Å²) in [6, 6.07) is 0. The Morgan fingerprint density at radius 1 is 1.00 bits per heavy atom. The molecule has 0 N–H and O–H groups in total. The molecule has 134 valence electrons. The second kappa shape index (κ2) is 6.22. The van der Waals surface area contributed by atoms with Crippen LogP contribution in [-0.4, -0.2) is 81.0 Å². The normalized spacial score (nSPS) is 41.6. The van der Waals surface area contributed by atoms with Crippen molar-refractivity contribution in [2.24, 2.45) is 0 Å². The Bertz CT molecular complexity index is 427. The predicted octanol–water partition coefficient (Wildman–Crippen LogP) is 0.961. The van der Waals surface area contributed by atoms with Crippen molar-refractivity contribution in [3.8, 4) is 0 Å². The first-order valence-electron chi connectivity index (χ1n) is 8.26. The summed E-state index contributed by atoms with van der Waals surface area (Å²) in [7, 11) is 4.03. The maximum Gasteiger partial charge on any atom is 0.190 e. The highest BCUT2D eigenvalue weighted by molar-refractivity contribution is 4.98. The van der Waals surface area contributed by atoms with E-state index in [1.165, 1.54) is 0 Å². The molecule has 0 aromatic heterocycles. The van der Waals surface area contributed by atoms with Gasteiger partial charge in [0.2, 0.25) is 0 Å². The lowest BCUT2D eigenvalue weighted by atomic mass is 10.1. The fourth-order valence-electron chi connectivity index (χ4n) is 3.24. The van der Waals surface area contributed by atoms with Crippen LogP contribution in [0.3, 0.4) is 0 Å². The van der Waals surface area contributed by atoms with Crippen LogP contribution in [0.15, 0.2) is 0 Å².